The maximum absolute atomic E-state index is 12.7. The average Bonchev–Trinajstić information content (AvgIpc) is 2.95. The molecule has 3 rings (SSSR count). The quantitative estimate of drug-likeness (QED) is 0.882. The van der Waals surface area contributed by atoms with E-state index in [1.165, 1.54) is 0 Å². The van der Waals surface area contributed by atoms with E-state index in [2.05, 4.69) is 10.6 Å². The Labute approximate surface area is 131 Å². The molecule has 2 aliphatic rings. The van der Waals surface area contributed by atoms with Gasteiger partial charge in [0.05, 0.1) is 12.5 Å². The predicted molar refractivity (Wildman–Crippen MR) is 84.2 cm³/mol. The molecule has 5 heteroatoms. The molecule has 2 unspecified atom stereocenters. The van der Waals surface area contributed by atoms with Crippen LogP contribution in [0.25, 0.3) is 0 Å². The molecule has 5 nitrogen and oxygen atoms in total. The molecule has 118 valence electrons. The summed E-state index contributed by atoms with van der Waals surface area (Å²) in [6.45, 7) is 2.11. The van der Waals surface area contributed by atoms with Gasteiger partial charge in [-0.1, -0.05) is 30.3 Å². The van der Waals surface area contributed by atoms with Gasteiger partial charge in [0.15, 0.2) is 0 Å². The minimum absolute atomic E-state index is 0.0168. The van der Waals surface area contributed by atoms with Gasteiger partial charge >= 0.3 is 0 Å². The summed E-state index contributed by atoms with van der Waals surface area (Å²) in [6, 6.07) is 10.00. The van der Waals surface area contributed by atoms with Crippen molar-refractivity contribution in [1.29, 1.82) is 0 Å². The third-order valence-corrected chi connectivity index (χ3v) is 4.52. The molecule has 0 saturated carbocycles. The smallest absolute Gasteiger partial charge is 0.224 e. The second kappa shape index (κ2) is 6.92. The summed E-state index contributed by atoms with van der Waals surface area (Å²) in [4.78, 5) is 26.5. The van der Waals surface area contributed by atoms with Gasteiger partial charge in [-0.05, 0) is 24.9 Å². The lowest BCUT2D eigenvalue weighted by atomic mass is 10.0. The minimum Gasteiger partial charge on any atom is -0.354 e. The first kappa shape index (κ1) is 15.0. The average molecular weight is 301 g/mol. The van der Waals surface area contributed by atoms with Gasteiger partial charge in [0, 0.05) is 25.6 Å². The summed E-state index contributed by atoms with van der Waals surface area (Å²) >= 11 is 0. The summed E-state index contributed by atoms with van der Waals surface area (Å²) in [6.07, 6.45) is 3.07. The van der Waals surface area contributed by atoms with E-state index >= 15 is 0 Å². The Balaban J connectivity index is 1.78. The van der Waals surface area contributed by atoms with Crippen LogP contribution in [0, 0.1) is 0 Å². The number of hydrogen-bond donors (Lipinski definition) is 2. The molecule has 2 heterocycles. The summed E-state index contributed by atoms with van der Waals surface area (Å²) < 4.78 is 0. The normalized spacial score (nSPS) is 25.6. The van der Waals surface area contributed by atoms with Gasteiger partial charge in [-0.3, -0.25) is 9.59 Å². The molecule has 0 aliphatic carbocycles. The second-order valence-corrected chi connectivity index (χ2v) is 6.07. The zero-order valence-corrected chi connectivity index (χ0v) is 12.8. The molecule has 2 N–H and O–H groups in total. The van der Waals surface area contributed by atoms with Gasteiger partial charge in [0.1, 0.15) is 0 Å². The first-order valence-corrected chi connectivity index (χ1v) is 8.08. The largest absolute Gasteiger partial charge is 0.354 e. The van der Waals surface area contributed by atoms with Gasteiger partial charge in [-0.25, -0.2) is 0 Å². The lowest BCUT2D eigenvalue weighted by molar-refractivity contribution is -0.134. The van der Waals surface area contributed by atoms with E-state index < -0.39 is 0 Å². The molecule has 2 fully saturated rings. The van der Waals surface area contributed by atoms with Gasteiger partial charge in [-0.2, -0.15) is 0 Å². The fourth-order valence-corrected chi connectivity index (χ4v) is 3.36. The van der Waals surface area contributed by atoms with Crippen molar-refractivity contribution in [3.63, 3.8) is 0 Å². The number of hydrogen-bond acceptors (Lipinski definition) is 3. The number of rotatable bonds is 3. The monoisotopic (exact) mass is 301 g/mol. The van der Waals surface area contributed by atoms with Crippen LogP contribution in [-0.4, -0.2) is 42.4 Å². The van der Waals surface area contributed by atoms with E-state index in [-0.39, 0.29) is 23.9 Å². The van der Waals surface area contributed by atoms with Crippen molar-refractivity contribution in [3.05, 3.63) is 35.9 Å². The highest BCUT2D eigenvalue weighted by molar-refractivity contribution is 5.81. The molecule has 1 aromatic rings. The molecule has 2 aliphatic heterocycles. The van der Waals surface area contributed by atoms with Crippen LogP contribution in [0.4, 0.5) is 0 Å². The van der Waals surface area contributed by atoms with Crippen LogP contribution < -0.4 is 10.6 Å². The molecule has 2 saturated heterocycles. The van der Waals surface area contributed by atoms with E-state index in [1.807, 2.05) is 35.2 Å². The summed E-state index contributed by atoms with van der Waals surface area (Å²) in [5.74, 6) is 0.160. The van der Waals surface area contributed by atoms with Crippen molar-refractivity contribution in [2.75, 3.05) is 19.6 Å². The van der Waals surface area contributed by atoms with E-state index in [0.29, 0.717) is 25.9 Å². The summed E-state index contributed by atoms with van der Waals surface area (Å²) in [5.41, 5.74) is 1.03. The van der Waals surface area contributed by atoms with E-state index in [9.17, 15) is 9.59 Å². The molecule has 0 aromatic heterocycles. The van der Waals surface area contributed by atoms with Crippen LogP contribution in [0.15, 0.2) is 30.3 Å². The lowest BCUT2D eigenvalue weighted by Gasteiger charge is -2.30. The molecule has 1 aromatic carbocycles. The zero-order valence-electron chi connectivity index (χ0n) is 12.8. The van der Waals surface area contributed by atoms with E-state index in [0.717, 1.165) is 24.9 Å². The van der Waals surface area contributed by atoms with Gasteiger partial charge < -0.3 is 15.5 Å². The molecular weight excluding hydrogens is 278 g/mol. The van der Waals surface area contributed by atoms with E-state index in [4.69, 9.17) is 0 Å². The topological polar surface area (TPSA) is 61.4 Å². The Kier molecular flexibility index (Phi) is 4.73. The first-order chi connectivity index (χ1) is 10.7. The fraction of sp³-hybridized carbons (Fsp3) is 0.529. The maximum atomic E-state index is 12.7. The molecule has 0 radical (unpaired) electrons. The minimum atomic E-state index is -0.155. The summed E-state index contributed by atoms with van der Waals surface area (Å²) in [7, 11) is 0. The van der Waals surface area contributed by atoms with Crippen molar-refractivity contribution in [2.24, 2.45) is 0 Å². The second-order valence-electron chi connectivity index (χ2n) is 6.07. The Morgan fingerprint density at radius 2 is 2.05 bits per heavy atom. The highest BCUT2D eigenvalue weighted by Gasteiger charge is 2.31. The zero-order chi connectivity index (χ0) is 15.4. The van der Waals surface area contributed by atoms with Gasteiger partial charge in [0.2, 0.25) is 11.8 Å². The van der Waals surface area contributed by atoms with Crippen LogP contribution in [0.2, 0.25) is 0 Å². The SMILES string of the molecule is O=C1CC(c2ccccc2)N(C(=O)CC2CCCN2)CCN1. The predicted octanol–water partition coefficient (Wildman–Crippen LogP) is 1.22. The van der Waals surface area contributed by atoms with Crippen molar-refractivity contribution < 1.29 is 9.59 Å². The van der Waals surface area contributed by atoms with Gasteiger partial charge in [-0.15, -0.1) is 0 Å². The van der Waals surface area contributed by atoms with Crippen molar-refractivity contribution in [2.45, 2.75) is 37.8 Å². The van der Waals surface area contributed by atoms with Crippen LogP contribution in [0.3, 0.4) is 0 Å². The Morgan fingerprint density at radius 3 is 2.77 bits per heavy atom. The Morgan fingerprint density at radius 1 is 1.23 bits per heavy atom. The molecule has 0 spiro atoms. The fourth-order valence-electron chi connectivity index (χ4n) is 3.36. The number of nitrogens with zero attached hydrogens (tertiary/aromatic N) is 1. The van der Waals surface area contributed by atoms with Crippen molar-refractivity contribution in [1.82, 2.24) is 15.5 Å². The first-order valence-electron chi connectivity index (χ1n) is 8.08. The third-order valence-electron chi connectivity index (χ3n) is 4.52. The number of benzene rings is 1. The van der Waals surface area contributed by atoms with Crippen LogP contribution in [-0.2, 0) is 9.59 Å². The van der Waals surface area contributed by atoms with Crippen LogP contribution in [0.1, 0.15) is 37.3 Å². The highest BCUT2D eigenvalue weighted by Crippen LogP contribution is 2.27. The summed E-state index contributed by atoms with van der Waals surface area (Å²) in [5, 5.41) is 6.25. The number of carbonyl (C=O) groups is 2. The molecule has 22 heavy (non-hydrogen) atoms. The molecular formula is C17H23N3O2. The van der Waals surface area contributed by atoms with Gasteiger partial charge in [0.25, 0.3) is 0 Å². The Hall–Kier alpha value is -1.88. The number of nitrogens with one attached hydrogen (secondary N) is 2. The Bertz CT molecular complexity index is 526. The third kappa shape index (κ3) is 3.47. The van der Waals surface area contributed by atoms with Crippen molar-refractivity contribution >= 4 is 11.8 Å². The molecule has 0 bridgehead atoms. The number of amides is 2. The maximum Gasteiger partial charge on any atom is 0.224 e. The van der Waals surface area contributed by atoms with Crippen LogP contribution in [0.5, 0.6) is 0 Å². The van der Waals surface area contributed by atoms with Crippen LogP contribution >= 0.6 is 0 Å². The van der Waals surface area contributed by atoms with Crippen molar-refractivity contribution in [3.8, 4) is 0 Å². The lowest BCUT2D eigenvalue weighted by Crippen LogP contribution is -2.39. The standard InChI is InChI=1S/C17H23N3O2/c21-16-12-15(13-5-2-1-3-6-13)20(10-9-19-16)17(22)11-14-7-4-8-18-14/h1-3,5-6,14-15,18H,4,7-12H2,(H,19,21). The van der Waals surface area contributed by atoms with E-state index in [1.54, 1.807) is 0 Å². The highest BCUT2D eigenvalue weighted by atomic mass is 16.2. The molecule has 2 amide bonds. The molecule has 2 atom stereocenters. The number of carbonyl (C=O) groups excluding carboxylic acids is 2.